The number of ketones is 1. The fourth-order valence-corrected chi connectivity index (χ4v) is 4.27. The van der Waals surface area contributed by atoms with Crippen LogP contribution in [0.2, 0.25) is 0 Å². The SMILES string of the molecule is COC(=O)C1=C(C)NC2=C(C(=O)CC(c3ccccc3)C2)C1c1ccncc1. The van der Waals surface area contributed by atoms with Crippen LogP contribution in [0.4, 0.5) is 0 Å². The molecular formula is C23H22N2O3. The molecule has 1 N–H and O–H groups in total. The first-order valence-corrected chi connectivity index (χ1v) is 9.37. The van der Waals surface area contributed by atoms with Crippen molar-refractivity contribution >= 4 is 11.8 Å². The molecule has 1 aliphatic carbocycles. The first-order valence-electron chi connectivity index (χ1n) is 9.37. The summed E-state index contributed by atoms with van der Waals surface area (Å²) >= 11 is 0. The summed E-state index contributed by atoms with van der Waals surface area (Å²) in [5.74, 6) is -0.656. The molecule has 4 rings (SSSR count). The average molecular weight is 374 g/mol. The van der Waals surface area contributed by atoms with Gasteiger partial charge in [-0.1, -0.05) is 30.3 Å². The molecule has 142 valence electrons. The lowest BCUT2D eigenvalue weighted by molar-refractivity contribution is -0.136. The molecule has 2 heterocycles. The predicted octanol–water partition coefficient (Wildman–Crippen LogP) is 3.62. The van der Waals surface area contributed by atoms with Gasteiger partial charge in [0.15, 0.2) is 5.78 Å². The third kappa shape index (κ3) is 3.13. The number of carbonyl (C=O) groups is 2. The van der Waals surface area contributed by atoms with Crippen molar-refractivity contribution in [2.45, 2.75) is 31.6 Å². The summed E-state index contributed by atoms with van der Waals surface area (Å²) in [7, 11) is 1.37. The van der Waals surface area contributed by atoms with Gasteiger partial charge in [-0.15, -0.1) is 0 Å². The number of hydrogen-bond acceptors (Lipinski definition) is 5. The van der Waals surface area contributed by atoms with E-state index in [1.807, 2.05) is 37.3 Å². The van der Waals surface area contributed by atoms with Gasteiger partial charge in [-0.25, -0.2) is 4.79 Å². The molecule has 2 atom stereocenters. The van der Waals surface area contributed by atoms with Gasteiger partial charge in [-0.05, 0) is 42.5 Å². The van der Waals surface area contributed by atoms with Gasteiger partial charge in [0.1, 0.15) is 0 Å². The van der Waals surface area contributed by atoms with Crippen molar-refractivity contribution in [3.63, 3.8) is 0 Å². The smallest absolute Gasteiger partial charge is 0.336 e. The minimum atomic E-state index is -0.434. The van der Waals surface area contributed by atoms with Crippen molar-refractivity contribution in [2.75, 3.05) is 7.11 Å². The molecule has 28 heavy (non-hydrogen) atoms. The lowest BCUT2D eigenvalue weighted by Gasteiger charge is -2.36. The van der Waals surface area contributed by atoms with E-state index in [-0.39, 0.29) is 11.7 Å². The highest BCUT2D eigenvalue weighted by Gasteiger charge is 2.41. The third-order valence-corrected chi connectivity index (χ3v) is 5.54. The number of benzene rings is 1. The molecule has 0 amide bonds. The van der Waals surface area contributed by atoms with Crippen LogP contribution in [0.1, 0.15) is 42.7 Å². The van der Waals surface area contributed by atoms with Crippen molar-refractivity contribution in [1.82, 2.24) is 10.3 Å². The van der Waals surface area contributed by atoms with Gasteiger partial charge in [0.05, 0.1) is 12.7 Å². The quantitative estimate of drug-likeness (QED) is 0.831. The zero-order valence-corrected chi connectivity index (χ0v) is 15.9. The summed E-state index contributed by atoms with van der Waals surface area (Å²) < 4.78 is 5.03. The number of rotatable bonds is 3. The van der Waals surface area contributed by atoms with Gasteiger partial charge in [-0.2, -0.15) is 0 Å². The van der Waals surface area contributed by atoms with Crippen molar-refractivity contribution in [1.29, 1.82) is 0 Å². The number of Topliss-reactive ketones (excluding diaryl/α,β-unsaturated/α-hetero) is 1. The first kappa shape index (κ1) is 18.2. The van der Waals surface area contributed by atoms with Gasteiger partial charge >= 0.3 is 5.97 Å². The van der Waals surface area contributed by atoms with Crippen molar-refractivity contribution in [3.05, 3.63) is 88.5 Å². The Morgan fingerprint density at radius 1 is 1.07 bits per heavy atom. The molecule has 0 radical (unpaired) electrons. The Bertz CT molecular complexity index is 977. The number of ether oxygens (including phenoxy) is 1. The van der Waals surface area contributed by atoms with Crippen LogP contribution in [0, 0.1) is 0 Å². The maximum absolute atomic E-state index is 13.3. The molecule has 2 unspecified atom stereocenters. The Morgan fingerprint density at radius 2 is 1.79 bits per heavy atom. The van der Waals surface area contributed by atoms with Crippen LogP contribution in [0.25, 0.3) is 0 Å². The maximum atomic E-state index is 13.3. The molecule has 2 aliphatic rings. The summed E-state index contributed by atoms with van der Waals surface area (Å²) in [5, 5.41) is 3.34. The zero-order valence-electron chi connectivity index (χ0n) is 15.9. The van der Waals surface area contributed by atoms with Gasteiger partial charge in [0, 0.05) is 41.7 Å². The lowest BCUT2D eigenvalue weighted by atomic mass is 9.72. The van der Waals surface area contributed by atoms with Gasteiger partial charge in [0.2, 0.25) is 0 Å². The van der Waals surface area contributed by atoms with Crippen molar-refractivity contribution < 1.29 is 14.3 Å². The number of aromatic nitrogens is 1. The van der Waals surface area contributed by atoms with Crippen LogP contribution in [-0.4, -0.2) is 23.8 Å². The molecule has 1 aromatic carbocycles. The van der Waals surface area contributed by atoms with Crippen LogP contribution < -0.4 is 5.32 Å². The van der Waals surface area contributed by atoms with Crippen LogP contribution in [0.5, 0.6) is 0 Å². The number of pyridine rings is 1. The highest BCUT2D eigenvalue weighted by Crippen LogP contribution is 2.45. The van der Waals surface area contributed by atoms with Gasteiger partial charge in [-0.3, -0.25) is 9.78 Å². The summed E-state index contributed by atoms with van der Waals surface area (Å²) in [5.41, 5.74) is 4.81. The molecule has 0 saturated carbocycles. The standard InChI is InChI=1S/C23H22N2O3/c1-14-20(23(27)28-2)21(16-8-10-24-11-9-16)22-18(25-14)12-17(13-19(22)26)15-6-4-3-5-7-15/h3-11,17,21,25H,12-13H2,1-2H3. The van der Waals surface area contributed by atoms with Gasteiger partial charge in [0.25, 0.3) is 0 Å². The molecular weight excluding hydrogens is 352 g/mol. The highest BCUT2D eigenvalue weighted by molar-refractivity contribution is 6.04. The fraction of sp³-hybridized carbons (Fsp3) is 0.261. The average Bonchev–Trinajstić information content (AvgIpc) is 2.73. The van der Waals surface area contributed by atoms with E-state index >= 15 is 0 Å². The number of nitrogens with one attached hydrogen (secondary N) is 1. The molecule has 0 spiro atoms. The maximum Gasteiger partial charge on any atom is 0.336 e. The minimum Gasteiger partial charge on any atom is -0.466 e. The molecule has 5 heteroatoms. The van der Waals surface area contributed by atoms with Crippen LogP contribution in [-0.2, 0) is 14.3 Å². The number of allylic oxidation sites excluding steroid dienone is 3. The lowest BCUT2D eigenvalue weighted by Crippen LogP contribution is -2.36. The summed E-state index contributed by atoms with van der Waals surface area (Å²) in [4.78, 5) is 29.9. The molecule has 1 aromatic heterocycles. The Hall–Kier alpha value is -3.21. The number of carbonyl (C=O) groups excluding carboxylic acids is 2. The van der Waals surface area contributed by atoms with E-state index in [0.29, 0.717) is 17.6 Å². The monoisotopic (exact) mass is 374 g/mol. The molecule has 0 bridgehead atoms. The number of methoxy groups -OCH3 is 1. The highest BCUT2D eigenvalue weighted by atomic mass is 16.5. The predicted molar refractivity (Wildman–Crippen MR) is 105 cm³/mol. The second-order valence-electron chi connectivity index (χ2n) is 7.20. The van der Waals surface area contributed by atoms with E-state index in [1.165, 1.54) is 7.11 Å². The van der Waals surface area contributed by atoms with Crippen LogP contribution in [0.15, 0.2) is 77.4 Å². The first-order chi connectivity index (χ1) is 13.6. The number of nitrogens with zero attached hydrogens (tertiary/aromatic N) is 1. The second kappa shape index (κ2) is 7.43. The fourth-order valence-electron chi connectivity index (χ4n) is 4.27. The van der Waals surface area contributed by atoms with E-state index < -0.39 is 11.9 Å². The second-order valence-corrected chi connectivity index (χ2v) is 7.20. The molecule has 0 fully saturated rings. The Balaban J connectivity index is 1.81. The van der Waals surface area contributed by atoms with E-state index in [0.717, 1.165) is 28.9 Å². The van der Waals surface area contributed by atoms with E-state index in [1.54, 1.807) is 12.4 Å². The Labute approximate surface area is 164 Å². The van der Waals surface area contributed by atoms with E-state index in [9.17, 15) is 9.59 Å². The minimum absolute atomic E-state index is 0.0679. The summed E-state index contributed by atoms with van der Waals surface area (Å²) in [6, 6.07) is 13.8. The number of esters is 1. The number of hydrogen-bond donors (Lipinski definition) is 1. The summed E-state index contributed by atoms with van der Waals surface area (Å²) in [6.07, 6.45) is 4.53. The molecule has 2 aromatic rings. The van der Waals surface area contributed by atoms with Crippen molar-refractivity contribution in [2.24, 2.45) is 0 Å². The Morgan fingerprint density at radius 3 is 2.46 bits per heavy atom. The van der Waals surface area contributed by atoms with Crippen molar-refractivity contribution in [3.8, 4) is 0 Å². The Kier molecular flexibility index (Phi) is 4.82. The molecule has 1 aliphatic heterocycles. The topological polar surface area (TPSA) is 68.3 Å². The molecule has 5 nitrogen and oxygen atoms in total. The number of dihydropyridines is 1. The van der Waals surface area contributed by atoms with Crippen LogP contribution in [0.3, 0.4) is 0 Å². The van der Waals surface area contributed by atoms with E-state index in [4.69, 9.17) is 4.74 Å². The van der Waals surface area contributed by atoms with Crippen LogP contribution >= 0.6 is 0 Å². The summed E-state index contributed by atoms with van der Waals surface area (Å²) in [6.45, 7) is 1.86. The third-order valence-electron chi connectivity index (χ3n) is 5.54. The largest absolute Gasteiger partial charge is 0.466 e. The zero-order chi connectivity index (χ0) is 19.7. The van der Waals surface area contributed by atoms with E-state index in [2.05, 4.69) is 22.4 Å². The normalized spacial score (nSPS) is 21.9. The molecule has 0 saturated heterocycles. The van der Waals surface area contributed by atoms with Gasteiger partial charge < -0.3 is 10.1 Å².